The van der Waals surface area contributed by atoms with Gasteiger partial charge in [0.1, 0.15) is 24.0 Å². The van der Waals surface area contributed by atoms with Crippen molar-refractivity contribution in [2.24, 2.45) is 10.9 Å². The molecule has 5 rings (SSSR count). The number of benzene rings is 2. The van der Waals surface area contributed by atoms with E-state index in [1.54, 1.807) is 0 Å². The van der Waals surface area contributed by atoms with Gasteiger partial charge in [-0.2, -0.15) is 0 Å². The Hall–Kier alpha value is -2.67. The summed E-state index contributed by atoms with van der Waals surface area (Å²) in [5, 5.41) is 3.32. The van der Waals surface area contributed by atoms with Crippen LogP contribution in [0.2, 0.25) is 0 Å². The first-order chi connectivity index (χ1) is 13.5. The number of rotatable bonds is 2. The second kappa shape index (κ2) is 6.44. The molecule has 3 atom stereocenters. The monoisotopic (exact) mass is 386 g/mol. The molecule has 2 aromatic rings. The van der Waals surface area contributed by atoms with Gasteiger partial charge in [-0.3, -0.25) is 9.79 Å². The largest absolute Gasteiger partial charge is 0.381 e. The summed E-state index contributed by atoms with van der Waals surface area (Å²) in [5.41, 5.74) is 2.10. The van der Waals surface area contributed by atoms with Crippen LogP contribution in [0.1, 0.15) is 33.8 Å². The first-order valence-corrected chi connectivity index (χ1v) is 9.23. The number of carbonyl (C=O) groups is 1. The smallest absolute Gasteiger partial charge is 0.185 e. The summed E-state index contributed by atoms with van der Waals surface area (Å²) in [6.07, 6.45) is 0.765. The standard InChI is InChI=1S/C21H17F3N2O2/c22-11-1-2-13(15(24)6-11)19-20(10-3-4-28-9-10)26-16-7-12(23)5-14-17(27)8-25-21(19)18(14)16/h1-2,5-7,10,19-20,26H,3-4,8-9H2/t10-,19-,20-/m1/s1. The van der Waals surface area contributed by atoms with Crippen molar-refractivity contribution in [3.63, 3.8) is 0 Å². The maximum Gasteiger partial charge on any atom is 0.185 e. The van der Waals surface area contributed by atoms with E-state index >= 15 is 0 Å². The molecular weight excluding hydrogens is 369 g/mol. The summed E-state index contributed by atoms with van der Waals surface area (Å²) in [4.78, 5) is 16.8. The van der Waals surface area contributed by atoms with Crippen molar-refractivity contribution in [1.29, 1.82) is 0 Å². The summed E-state index contributed by atoms with van der Waals surface area (Å²) in [6, 6.07) is 5.73. The average Bonchev–Trinajstić information content (AvgIpc) is 3.19. The number of halogens is 3. The van der Waals surface area contributed by atoms with E-state index in [-0.39, 0.29) is 29.9 Å². The number of carbonyl (C=O) groups excluding carboxylic acids is 1. The van der Waals surface area contributed by atoms with E-state index in [9.17, 15) is 18.0 Å². The zero-order valence-corrected chi connectivity index (χ0v) is 14.8. The molecule has 4 nitrogen and oxygen atoms in total. The third-order valence-corrected chi connectivity index (χ3v) is 5.80. The van der Waals surface area contributed by atoms with Crippen LogP contribution in [-0.2, 0) is 4.74 Å². The predicted molar refractivity (Wildman–Crippen MR) is 97.6 cm³/mol. The third-order valence-electron chi connectivity index (χ3n) is 5.80. The fourth-order valence-electron chi connectivity index (χ4n) is 4.55. The van der Waals surface area contributed by atoms with E-state index in [1.807, 2.05) is 0 Å². The molecule has 7 heteroatoms. The lowest BCUT2D eigenvalue weighted by atomic mass is 9.73. The van der Waals surface area contributed by atoms with Gasteiger partial charge in [-0.15, -0.1) is 0 Å². The van der Waals surface area contributed by atoms with Crippen LogP contribution in [0.5, 0.6) is 0 Å². The second-order valence-electron chi connectivity index (χ2n) is 7.44. The van der Waals surface area contributed by atoms with Gasteiger partial charge < -0.3 is 10.1 Å². The van der Waals surface area contributed by atoms with Crippen molar-refractivity contribution in [3.05, 3.63) is 64.5 Å². The summed E-state index contributed by atoms with van der Waals surface area (Å²) in [6.45, 7) is 0.965. The molecule has 3 aliphatic heterocycles. The first kappa shape index (κ1) is 17.4. The van der Waals surface area contributed by atoms with Gasteiger partial charge in [0, 0.05) is 47.4 Å². The van der Waals surface area contributed by atoms with E-state index in [0.29, 0.717) is 35.7 Å². The number of nitrogens with one attached hydrogen (secondary N) is 1. The minimum Gasteiger partial charge on any atom is -0.381 e. The second-order valence-corrected chi connectivity index (χ2v) is 7.44. The highest BCUT2D eigenvalue weighted by molar-refractivity contribution is 6.21. The Kier molecular flexibility index (Phi) is 4.01. The number of ether oxygens (including phenoxy) is 1. The van der Waals surface area contributed by atoms with Crippen molar-refractivity contribution in [1.82, 2.24) is 0 Å². The van der Waals surface area contributed by atoms with Crippen LogP contribution in [0.4, 0.5) is 18.9 Å². The Morgan fingerprint density at radius 2 is 1.96 bits per heavy atom. The Bertz CT molecular complexity index is 1010. The highest BCUT2D eigenvalue weighted by Gasteiger charge is 2.44. The number of Topliss-reactive ketones (excluding diaryl/α,β-unsaturated/α-hetero) is 1. The highest BCUT2D eigenvalue weighted by Crippen LogP contribution is 2.43. The zero-order valence-electron chi connectivity index (χ0n) is 14.8. The number of anilines is 1. The topological polar surface area (TPSA) is 50.7 Å². The summed E-state index contributed by atoms with van der Waals surface area (Å²) in [5.74, 6) is -2.59. The van der Waals surface area contributed by atoms with Gasteiger partial charge in [0.15, 0.2) is 5.78 Å². The molecule has 0 aromatic heterocycles. The SMILES string of the molecule is O=C1CN=C2c3c(cc(F)cc31)N[C@H]([C@@H]1CCOC1)[C@H]2c1ccc(F)cc1F. The van der Waals surface area contributed by atoms with Gasteiger partial charge in [0.2, 0.25) is 0 Å². The van der Waals surface area contributed by atoms with Gasteiger partial charge >= 0.3 is 0 Å². The van der Waals surface area contributed by atoms with Gasteiger partial charge in [-0.25, -0.2) is 13.2 Å². The first-order valence-electron chi connectivity index (χ1n) is 9.23. The Balaban J connectivity index is 1.72. The molecule has 3 aliphatic rings. The van der Waals surface area contributed by atoms with E-state index in [1.165, 1.54) is 24.3 Å². The van der Waals surface area contributed by atoms with Gasteiger partial charge in [-0.05, 0) is 30.2 Å². The van der Waals surface area contributed by atoms with Crippen molar-refractivity contribution in [2.75, 3.05) is 25.1 Å². The molecule has 144 valence electrons. The molecular formula is C21H17F3N2O2. The van der Waals surface area contributed by atoms with Crippen molar-refractivity contribution >= 4 is 17.2 Å². The molecule has 0 spiro atoms. The van der Waals surface area contributed by atoms with Crippen molar-refractivity contribution in [3.8, 4) is 0 Å². The van der Waals surface area contributed by atoms with Gasteiger partial charge in [0.25, 0.3) is 0 Å². The number of ketones is 1. The third kappa shape index (κ3) is 2.64. The quantitative estimate of drug-likeness (QED) is 0.856. The van der Waals surface area contributed by atoms with E-state index in [2.05, 4.69) is 10.3 Å². The molecule has 28 heavy (non-hydrogen) atoms. The van der Waals surface area contributed by atoms with E-state index in [0.717, 1.165) is 12.5 Å². The predicted octanol–water partition coefficient (Wildman–Crippen LogP) is 3.70. The van der Waals surface area contributed by atoms with Crippen LogP contribution in [0.15, 0.2) is 35.3 Å². The maximum atomic E-state index is 14.8. The van der Waals surface area contributed by atoms with E-state index < -0.39 is 23.4 Å². The van der Waals surface area contributed by atoms with Crippen LogP contribution < -0.4 is 5.32 Å². The summed E-state index contributed by atoms with van der Waals surface area (Å²) < 4.78 is 47.9. The minimum atomic E-state index is -0.664. The van der Waals surface area contributed by atoms with Crippen LogP contribution in [0.3, 0.4) is 0 Å². The van der Waals surface area contributed by atoms with E-state index in [4.69, 9.17) is 4.74 Å². The fraction of sp³-hybridized carbons (Fsp3) is 0.333. The van der Waals surface area contributed by atoms with Crippen LogP contribution >= 0.6 is 0 Å². The maximum absolute atomic E-state index is 14.8. The lowest BCUT2D eigenvalue weighted by Crippen LogP contribution is -2.45. The van der Waals surface area contributed by atoms with Gasteiger partial charge in [-0.1, -0.05) is 6.07 Å². The average molecular weight is 386 g/mol. The fourth-order valence-corrected chi connectivity index (χ4v) is 4.55. The lowest BCUT2D eigenvalue weighted by Gasteiger charge is -2.40. The van der Waals surface area contributed by atoms with Crippen LogP contribution in [-0.4, -0.2) is 37.3 Å². The highest BCUT2D eigenvalue weighted by atomic mass is 19.1. The van der Waals surface area contributed by atoms with Crippen molar-refractivity contribution < 1.29 is 22.7 Å². The molecule has 1 saturated heterocycles. The molecule has 0 unspecified atom stereocenters. The zero-order chi connectivity index (χ0) is 19.4. The molecule has 3 heterocycles. The summed E-state index contributed by atoms with van der Waals surface area (Å²) in [7, 11) is 0. The molecule has 1 fully saturated rings. The normalized spacial score (nSPS) is 25.9. The number of aliphatic imine (C=N–C) groups is 1. The molecule has 0 radical (unpaired) electrons. The molecule has 0 saturated carbocycles. The number of hydrogen-bond donors (Lipinski definition) is 1. The molecule has 0 bridgehead atoms. The molecule has 1 N–H and O–H groups in total. The Labute approximate surface area is 159 Å². The van der Waals surface area contributed by atoms with Crippen LogP contribution in [0, 0.1) is 23.4 Å². The molecule has 0 aliphatic carbocycles. The van der Waals surface area contributed by atoms with Crippen LogP contribution in [0.25, 0.3) is 0 Å². The van der Waals surface area contributed by atoms with Gasteiger partial charge in [0.05, 0.1) is 12.3 Å². The Morgan fingerprint density at radius 1 is 1.11 bits per heavy atom. The number of nitrogens with zero attached hydrogens (tertiary/aromatic N) is 1. The Morgan fingerprint density at radius 3 is 2.71 bits per heavy atom. The number of hydrogen-bond acceptors (Lipinski definition) is 4. The van der Waals surface area contributed by atoms with Crippen molar-refractivity contribution in [2.45, 2.75) is 18.4 Å². The minimum absolute atomic E-state index is 0.0506. The molecule has 2 aromatic carbocycles. The molecule has 0 amide bonds. The lowest BCUT2D eigenvalue weighted by molar-refractivity contribution is 0.0999. The summed E-state index contributed by atoms with van der Waals surface area (Å²) >= 11 is 0.